The molecule has 1 atom stereocenters. The van der Waals surface area contributed by atoms with Crippen LogP contribution in [-0.2, 0) is 0 Å². The molecule has 0 fully saturated rings. The van der Waals surface area contributed by atoms with Crippen molar-refractivity contribution < 1.29 is 18.3 Å². The summed E-state index contributed by atoms with van der Waals surface area (Å²) in [5.41, 5.74) is 0. The molecule has 1 rings (SSSR count). The molecule has 0 amide bonds. The van der Waals surface area contributed by atoms with E-state index in [0.29, 0.717) is 13.2 Å². The zero-order valence-electron chi connectivity index (χ0n) is 15.4. The third-order valence-electron chi connectivity index (χ3n) is 4.31. The molecule has 1 unspecified atom stereocenters. The smallest absolute Gasteiger partial charge is 0.204 e. The molecule has 0 saturated heterocycles. The van der Waals surface area contributed by atoms with Gasteiger partial charge in [-0.25, -0.2) is 0 Å². The van der Waals surface area contributed by atoms with E-state index >= 15 is 0 Å². The van der Waals surface area contributed by atoms with Crippen molar-refractivity contribution in [2.45, 2.75) is 72.1 Å². The van der Waals surface area contributed by atoms with Crippen molar-refractivity contribution in [3.05, 3.63) is 23.8 Å². The van der Waals surface area contributed by atoms with Gasteiger partial charge in [-0.1, -0.05) is 52.9 Å². The Morgan fingerprint density at radius 2 is 1.38 bits per heavy atom. The Balaban J connectivity index is 2.39. The van der Waals surface area contributed by atoms with Gasteiger partial charge in [0.2, 0.25) is 11.6 Å². The lowest BCUT2D eigenvalue weighted by Crippen LogP contribution is -2.05. The first kappa shape index (κ1) is 20.7. The van der Waals surface area contributed by atoms with Crippen molar-refractivity contribution in [1.82, 2.24) is 0 Å². The fourth-order valence-electron chi connectivity index (χ4n) is 2.74. The minimum absolute atomic E-state index is 0.0315. The second-order valence-corrected chi connectivity index (χ2v) is 6.30. The number of hydrogen-bond acceptors (Lipinski definition) is 2. The van der Waals surface area contributed by atoms with E-state index in [9.17, 15) is 8.78 Å². The van der Waals surface area contributed by atoms with Crippen LogP contribution >= 0.6 is 0 Å². The maximum Gasteiger partial charge on any atom is 0.204 e. The van der Waals surface area contributed by atoms with E-state index in [-0.39, 0.29) is 11.5 Å². The number of unbranched alkanes of at least 4 members (excludes halogenated alkanes) is 2. The van der Waals surface area contributed by atoms with Crippen LogP contribution < -0.4 is 9.47 Å². The first-order chi connectivity index (χ1) is 11.6. The van der Waals surface area contributed by atoms with Crippen molar-refractivity contribution in [2.75, 3.05) is 13.2 Å². The molecule has 0 aliphatic carbocycles. The average Bonchev–Trinajstić information content (AvgIpc) is 2.59. The molecule has 1 aromatic rings. The van der Waals surface area contributed by atoms with Crippen LogP contribution in [0.4, 0.5) is 8.78 Å². The maximum absolute atomic E-state index is 14.0. The Kier molecular flexibility index (Phi) is 10.4. The second-order valence-electron chi connectivity index (χ2n) is 6.30. The van der Waals surface area contributed by atoms with Crippen molar-refractivity contribution in [1.29, 1.82) is 0 Å². The lowest BCUT2D eigenvalue weighted by molar-refractivity contribution is 0.265. The van der Waals surface area contributed by atoms with Crippen molar-refractivity contribution >= 4 is 0 Å². The molecule has 0 aromatic heterocycles. The normalized spacial score (nSPS) is 12.2. The Morgan fingerprint density at radius 3 is 1.88 bits per heavy atom. The molecule has 138 valence electrons. The van der Waals surface area contributed by atoms with Crippen LogP contribution in [0, 0.1) is 17.6 Å². The molecule has 0 heterocycles. The predicted molar refractivity (Wildman–Crippen MR) is 94.8 cm³/mol. The van der Waals surface area contributed by atoms with E-state index in [1.54, 1.807) is 0 Å². The highest BCUT2D eigenvalue weighted by atomic mass is 19.2. The van der Waals surface area contributed by atoms with Gasteiger partial charge in [0.05, 0.1) is 13.2 Å². The summed E-state index contributed by atoms with van der Waals surface area (Å²) in [6.45, 7) is 7.25. The largest absolute Gasteiger partial charge is 0.490 e. The lowest BCUT2D eigenvalue weighted by Gasteiger charge is -2.14. The number of ether oxygens (including phenoxy) is 2. The summed E-state index contributed by atoms with van der Waals surface area (Å²) in [4.78, 5) is 0. The SMILES string of the molecule is CCCCOc1ccc(OCCCCC(CC)CCC)c(F)c1F. The predicted octanol–water partition coefficient (Wildman–Crippen LogP) is 6.52. The highest BCUT2D eigenvalue weighted by Crippen LogP contribution is 2.28. The molecular formula is C20H32F2O2. The third kappa shape index (κ3) is 7.06. The second kappa shape index (κ2) is 12.1. The monoisotopic (exact) mass is 342 g/mol. The lowest BCUT2D eigenvalue weighted by atomic mass is 9.95. The molecule has 1 aromatic carbocycles. The summed E-state index contributed by atoms with van der Waals surface area (Å²) < 4.78 is 38.6. The fourth-order valence-corrected chi connectivity index (χ4v) is 2.74. The van der Waals surface area contributed by atoms with Crippen LogP contribution in [0.3, 0.4) is 0 Å². The van der Waals surface area contributed by atoms with Gasteiger partial charge in [-0.2, -0.15) is 8.78 Å². The Labute approximate surface area is 145 Å². The zero-order chi connectivity index (χ0) is 17.8. The molecule has 0 saturated carbocycles. The molecule has 0 N–H and O–H groups in total. The summed E-state index contributed by atoms with van der Waals surface area (Å²) in [7, 11) is 0. The van der Waals surface area contributed by atoms with Gasteiger partial charge in [0, 0.05) is 0 Å². The summed E-state index contributed by atoms with van der Waals surface area (Å²) in [5.74, 6) is -1.22. The van der Waals surface area contributed by atoms with Gasteiger partial charge >= 0.3 is 0 Å². The van der Waals surface area contributed by atoms with Gasteiger partial charge < -0.3 is 9.47 Å². The topological polar surface area (TPSA) is 18.5 Å². The standard InChI is InChI=1S/C20H32F2O2/c1-4-7-14-23-17-12-13-18(20(22)19(17)21)24-15-9-8-11-16(6-3)10-5-2/h12-13,16H,4-11,14-15H2,1-3H3. The van der Waals surface area contributed by atoms with Crippen LogP contribution in [0.5, 0.6) is 11.5 Å². The van der Waals surface area contributed by atoms with Crippen LogP contribution in [0.15, 0.2) is 12.1 Å². The van der Waals surface area contributed by atoms with E-state index < -0.39 is 11.6 Å². The van der Waals surface area contributed by atoms with Crippen molar-refractivity contribution in [3.63, 3.8) is 0 Å². The molecule has 0 aliphatic heterocycles. The first-order valence-electron chi connectivity index (χ1n) is 9.37. The van der Waals surface area contributed by atoms with Crippen LogP contribution in [0.25, 0.3) is 0 Å². The van der Waals surface area contributed by atoms with Crippen LogP contribution in [0.1, 0.15) is 72.1 Å². The average molecular weight is 342 g/mol. The fraction of sp³-hybridized carbons (Fsp3) is 0.700. The van der Waals surface area contributed by atoms with Gasteiger partial charge in [-0.3, -0.25) is 0 Å². The van der Waals surface area contributed by atoms with Gasteiger partial charge in [-0.15, -0.1) is 0 Å². The minimum Gasteiger partial charge on any atom is -0.490 e. The summed E-state index contributed by atoms with van der Waals surface area (Å²) >= 11 is 0. The highest BCUT2D eigenvalue weighted by Gasteiger charge is 2.15. The zero-order valence-corrected chi connectivity index (χ0v) is 15.4. The van der Waals surface area contributed by atoms with E-state index in [1.807, 2.05) is 6.92 Å². The Hall–Kier alpha value is -1.32. The Morgan fingerprint density at radius 1 is 0.792 bits per heavy atom. The molecule has 0 aliphatic rings. The van der Waals surface area contributed by atoms with Crippen LogP contribution in [-0.4, -0.2) is 13.2 Å². The minimum atomic E-state index is -0.961. The molecule has 4 heteroatoms. The van der Waals surface area contributed by atoms with E-state index in [2.05, 4.69) is 13.8 Å². The third-order valence-corrected chi connectivity index (χ3v) is 4.31. The molecule has 24 heavy (non-hydrogen) atoms. The first-order valence-corrected chi connectivity index (χ1v) is 9.37. The molecule has 0 radical (unpaired) electrons. The molecule has 0 spiro atoms. The van der Waals surface area contributed by atoms with E-state index in [1.165, 1.54) is 37.8 Å². The molecule has 2 nitrogen and oxygen atoms in total. The van der Waals surface area contributed by atoms with Crippen LogP contribution in [0.2, 0.25) is 0 Å². The summed E-state index contributed by atoms with van der Waals surface area (Å²) in [5, 5.41) is 0. The van der Waals surface area contributed by atoms with E-state index in [4.69, 9.17) is 9.47 Å². The number of hydrogen-bond donors (Lipinski definition) is 0. The highest BCUT2D eigenvalue weighted by molar-refractivity contribution is 5.35. The van der Waals surface area contributed by atoms with E-state index in [0.717, 1.165) is 31.6 Å². The number of rotatable bonds is 13. The van der Waals surface area contributed by atoms with Crippen molar-refractivity contribution in [2.24, 2.45) is 5.92 Å². The van der Waals surface area contributed by atoms with Crippen molar-refractivity contribution in [3.8, 4) is 11.5 Å². The van der Waals surface area contributed by atoms with Gasteiger partial charge in [0.15, 0.2) is 11.5 Å². The maximum atomic E-state index is 14.0. The summed E-state index contributed by atoms with van der Waals surface area (Å²) in [6, 6.07) is 2.89. The quantitative estimate of drug-likeness (QED) is 0.380. The molecular weight excluding hydrogens is 310 g/mol. The Bertz CT molecular complexity index is 463. The van der Waals surface area contributed by atoms with Gasteiger partial charge in [0.25, 0.3) is 0 Å². The molecule has 0 bridgehead atoms. The van der Waals surface area contributed by atoms with Gasteiger partial charge in [0.1, 0.15) is 0 Å². The van der Waals surface area contributed by atoms with Gasteiger partial charge in [-0.05, 0) is 37.3 Å². The number of benzene rings is 1. The summed E-state index contributed by atoms with van der Waals surface area (Å²) in [6.07, 6.45) is 8.53. The number of halogens is 2.